The lowest BCUT2D eigenvalue weighted by Crippen LogP contribution is -2.54. The Balaban J connectivity index is 1.12. The smallest absolute Gasteiger partial charge is 0.246 e. The summed E-state index contributed by atoms with van der Waals surface area (Å²) in [7, 11) is 6.08. The number of methoxy groups -OCH3 is 4. The van der Waals surface area contributed by atoms with Gasteiger partial charge in [-0.1, -0.05) is 96.1 Å². The second kappa shape index (κ2) is 16.9. The second-order valence-electron chi connectivity index (χ2n) is 16.3. The van der Waals surface area contributed by atoms with Crippen LogP contribution in [0.25, 0.3) is 18.2 Å². The van der Waals surface area contributed by atoms with E-state index in [1.807, 2.05) is 91.0 Å². The van der Waals surface area contributed by atoms with E-state index in [1.165, 1.54) is 24.0 Å². The molecule has 4 amide bonds. The molecule has 5 aromatic carbocycles. The fraction of sp³-hybridized carbons (Fsp3) is 0.231. The summed E-state index contributed by atoms with van der Waals surface area (Å²) in [4.78, 5) is 62.4. The summed E-state index contributed by atoms with van der Waals surface area (Å²) < 4.78 is 21.8. The van der Waals surface area contributed by atoms with E-state index in [0.717, 1.165) is 16.7 Å². The minimum atomic E-state index is -1.44. The lowest BCUT2D eigenvalue weighted by Gasteiger charge is -2.49. The van der Waals surface area contributed by atoms with Crippen molar-refractivity contribution in [1.29, 1.82) is 0 Å². The molecule has 324 valence electrons. The lowest BCUT2D eigenvalue weighted by atomic mass is 9.50. The molecule has 64 heavy (non-hydrogen) atoms. The molecule has 2 aliphatic heterocycles. The molecule has 0 spiro atoms. The zero-order valence-electron chi connectivity index (χ0n) is 35.6. The number of allylic oxidation sites excluding steroid dienone is 3. The van der Waals surface area contributed by atoms with Gasteiger partial charge in [0.15, 0.2) is 11.5 Å². The zero-order valence-corrected chi connectivity index (χ0v) is 36.3. The Bertz CT molecular complexity index is 2760. The highest BCUT2D eigenvalue weighted by atomic mass is 35.5. The summed E-state index contributed by atoms with van der Waals surface area (Å²) in [6, 6.07) is 32.0. The average Bonchev–Trinajstić information content (AvgIpc) is 3.71. The molecule has 12 heteroatoms. The van der Waals surface area contributed by atoms with Crippen molar-refractivity contribution in [1.82, 2.24) is 0 Å². The van der Waals surface area contributed by atoms with Crippen LogP contribution in [0.4, 0.5) is 11.4 Å². The van der Waals surface area contributed by atoms with Gasteiger partial charge in [-0.25, -0.2) is 4.90 Å². The Morgan fingerprint density at radius 2 is 1.38 bits per heavy atom. The first-order valence-corrected chi connectivity index (χ1v) is 21.3. The maximum absolute atomic E-state index is 15.5. The van der Waals surface area contributed by atoms with E-state index >= 15 is 9.59 Å². The fourth-order valence-electron chi connectivity index (χ4n) is 10.4. The van der Waals surface area contributed by atoms with E-state index in [4.69, 9.17) is 30.5 Å². The number of aromatic hydroxyl groups is 1. The van der Waals surface area contributed by atoms with Crippen LogP contribution in [0.1, 0.15) is 35.1 Å². The van der Waals surface area contributed by atoms with Crippen LogP contribution in [0.15, 0.2) is 127 Å². The van der Waals surface area contributed by atoms with E-state index in [1.54, 1.807) is 62.8 Å². The van der Waals surface area contributed by atoms with Crippen LogP contribution in [0, 0.1) is 29.6 Å². The summed E-state index contributed by atoms with van der Waals surface area (Å²) in [6.45, 7) is 0. The van der Waals surface area contributed by atoms with Crippen molar-refractivity contribution in [2.75, 3.05) is 38.2 Å². The Labute approximate surface area is 375 Å². The van der Waals surface area contributed by atoms with Crippen LogP contribution < -0.4 is 28.7 Å². The Morgan fingerprint density at radius 1 is 0.656 bits per heavy atom. The summed E-state index contributed by atoms with van der Waals surface area (Å²) in [5.74, 6) is -3.58. The molecule has 3 fully saturated rings. The van der Waals surface area contributed by atoms with Crippen molar-refractivity contribution in [2.24, 2.45) is 29.6 Å². The van der Waals surface area contributed by atoms with Crippen molar-refractivity contribution in [2.45, 2.75) is 18.3 Å². The quantitative estimate of drug-likeness (QED) is 0.0784. The molecule has 9 rings (SSSR count). The first-order chi connectivity index (χ1) is 31.0. The van der Waals surface area contributed by atoms with Crippen molar-refractivity contribution >= 4 is 64.8 Å². The van der Waals surface area contributed by atoms with Crippen LogP contribution in [0.2, 0.25) is 5.02 Å². The van der Waals surface area contributed by atoms with Gasteiger partial charge < -0.3 is 24.1 Å². The maximum Gasteiger partial charge on any atom is 0.246 e. The van der Waals surface area contributed by atoms with Crippen LogP contribution in [-0.2, 0) is 24.6 Å². The van der Waals surface area contributed by atoms with Crippen LogP contribution >= 0.6 is 11.6 Å². The number of anilines is 2. The van der Waals surface area contributed by atoms with E-state index in [0.29, 0.717) is 39.0 Å². The van der Waals surface area contributed by atoms with Gasteiger partial charge >= 0.3 is 0 Å². The maximum atomic E-state index is 15.5. The van der Waals surface area contributed by atoms with Gasteiger partial charge in [0.25, 0.3) is 0 Å². The van der Waals surface area contributed by atoms with Gasteiger partial charge in [-0.3, -0.25) is 24.1 Å². The number of ether oxygens (including phenoxy) is 4. The molecule has 2 heterocycles. The molecule has 2 saturated heterocycles. The summed E-state index contributed by atoms with van der Waals surface area (Å²) in [5, 5.41) is 11.1. The summed E-state index contributed by atoms with van der Waals surface area (Å²) >= 11 is 6.46. The van der Waals surface area contributed by atoms with E-state index in [2.05, 4.69) is 0 Å². The number of benzene rings is 5. The molecule has 0 unspecified atom stereocenters. The molecule has 1 N–H and O–H groups in total. The standard InChI is InChI=1S/C52H45ClN2O9/c1-61-37-20-24-43(62-2)32(27-37)17-13-30-14-18-35(19-15-30)54-48(57)39-22-21-38-40(46(39)50(54)59)29-42-49(58)55(36-12-8-11-34(53)28-36)51(60)52(42,33-9-6-5-7-10-33)41(38)23-16-31-25-44(63-3)47(56)45(26-31)64-4/h5-21,23-28,39-42,46,56H,22,29H2,1-4H3/t39-,40+,41-,42-,46-,52-/m0/s1. The van der Waals surface area contributed by atoms with Crippen LogP contribution in [0.3, 0.4) is 0 Å². The number of phenolic OH excluding ortho intramolecular Hbond substituents is 1. The summed E-state index contributed by atoms with van der Waals surface area (Å²) in [5.41, 5.74) is 3.06. The predicted octanol–water partition coefficient (Wildman–Crippen LogP) is 9.16. The minimum Gasteiger partial charge on any atom is -0.502 e. The van der Waals surface area contributed by atoms with Crippen molar-refractivity contribution < 1.29 is 43.2 Å². The molecule has 6 atom stereocenters. The highest BCUT2D eigenvalue weighted by molar-refractivity contribution is 6.32. The molecule has 4 aliphatic rings. The van der Waals surface area contributed by atoms with Crippen molar-refractivity contribution in [3.05, 3.63) is 154 Å². The molecule has 0 aromatic heterocycles. The Hall–Kier alpha value is -7.11. The van der Waals surface area contributed by atoms with Crippen molar-refractivity contribution in [3.8, 4) is 28.7 Å². The topological polar surface area (TPSA) is 132 Å². The molecule has 1 saturated carbocycles. The molecular weight excluding hydrogens is 832 g/mol. The van der Waals surface area contributed by atoms with Gasteiger partial charge in [-0.05, 0) is 96.1 Å². The predicted molar refractivity (Wildman–Crippen MR) is 244 cm³/mol. The summed E-state index contributed by atoms with van der Waals surface area (Å²) in [6.07, 6.45) is 9.97. The number of phenols is 1. The van der Waals surface area contributed by atoms with Crippen LogP contribution in [0.5, 0.6) is 28.7 Å². The Morgan fingerprint density at radius 3 is 2.05 bits per heavy atom. The highest BCUT2D eigenvalue weighted by Crippen LogP contribution is 2.62. The normalized spacial score (nSPS) is 23.9. The number of hydrogen-bond donors (Lipinski definition) is 1. The molecule has 11 nitrogen and oxygen atoms in total. The number of rotatable bonds is 11. The monoisotopic (exact) mass is 876 g/mol. The van der Waals surface area contributed by atoms with Crippen molar-refractivity contribution in [3.63, 3.8) is 0 Å². The zero-order chi connectivity index (χ0) is 44.9. The largest absolute Gasteiger partial charge is 0.502 e. The molecule has 2 aliphatic carbocycles. The second-order valence-corrected chi connectivity index (χ2v) is 16.8. The number of imide groups is 2. The number of carbonyl (C=O) groups is 4. The first kappa shape index (κ1) is 42.2. The average molecular weight is 877 g/mol. The van der Waals surface area contributed by atoms with Gasteiger partial charge in [-0.15, -0.1) is 0 Å². The number of nitrogens with zero attached hydrogens (tertiary/aromatic N) is 2. The third-order valence-electron chi connectivity index (χ3n) is 13.3. The number of amides is 4. The number of halogens is 1. The van der Waals surface area contributed by atoms with Gasteiger partial charge in [0.1, 0.15) is 11.5 Å². The first-order valence-electron chi connectivity index (χ1n) is 20.9. The third-order valence-corrected chi connectivity index (χ3v) is 13.5. The number of hydrogen-bond acceptors (Lipinski definition) is 9. The Kier molecular flexibility index (Phi) is 11.1. The van der Waals surface area contributed by atoms with Gasteiger partial charge in [0.05, 0.1) is 63.0 Å². The molecule has 5 aromatic rings. The van der Waals surface area contributed by atoms with Gasteiger partial charge in [0, 0.05) is 16.5 Å². The number of carbonyl (C=O) groups excluding carboxylic acids is 4. The molecule has 0 bridgehead atoms. The minimum absolute atomic E-state index is 0.152. The fourth-order valence-corrected chi connectivity index (χ4v) is 10.5. The SMILES string of the molecule is COc1ccc(OC)c(C=Cc2ccc(N3C(=O)[C@H]4[C@H](CC=C5[C@H]4C[C@H]4C(=O)N(c6cccc(Cl)c6)C(=O)[C@@]4(c4ccccc4)[C@H]5C=Cc4cc(OC)c(O)c(OC)c4)C3=O)cc2)c1. The lowest BCUT2D eigenvalue weighted by molar-refractivity contribution is -0.128. The highest BCUT2D eigenvalue weighted by Gasteiger charge is 2.69. The van der Waals surface area contributed by atoms with E-state index in [9.17, 15) is 14.7 Å². The van der Waals surface area contributed by atoms with Gasteiger partial charge in [-0.2, -0.15) is 0 Å². The van der Waals surface area contributed by atoms with Gasteiger partial charge in [0.2, 0.25) is 29.4 Å². The number of fused-ring (bicyclic) bond motifs is 4. The third kappa shape index (κ3) is 6.82. The molecule has 0 radical (unpaired) electrons. The van der Waals surface area contributed by atoms with E-state index in [-0.39, 0.29) is 41.9 Å². The van der Waals surface area contributed by atoms with E-state index < -0.39 is 46.8 Å². The van der Waals surface area contributed by atoms with Crippen LogP contribution in [-0.4, -0.2) is 57.2 Å². The molecular formula is C52H45ClN2O9.